The van der Waals surface area contributed by atoms with Crippen LogP contribution >= 0.6 is 0 Å². The summed E-state index contributed by atoms with van der Waals surface area (Å²) in [5.74, 6) is 0.245. The Hall–Kier alpha value is -3.20. The van der Waals surface area contributed by atoms with Gasteiger partial charge in [0.1, 0.15) is 11.4 Å². The van der Waals surface area contributed by atoms with Crippen LogP contribution in [-0.4, -0.2) is 63.6 Å². The molecule has 0 atom stereocenters. The second-order valence-corrected chi connectivity index (χ2v) is 10.8. The fourth-order valence-corrected chi connectivity index (χ4v) is 5.51. The fourth-order valence-electron chi connectivity index (χ4n) is 5.51. The molecular weight excluding hydrogens is 459 g/mol. The topological polar surface area (TPSA) is 75.5 Å². The molecule has 3 heterocycles. The van der Waals surface area contributed by atoms with Crippen LogP contribution in [0.5, 0.6) is 0 Å². The van der Waals surface area contributed by atoms with Gasteiger partial charge in [-0.3, -0.25) is 10.2 Å². The second kappa shape index (κ2) is 10.0. The number of carbonyl (C=O) groups is 1. The van der Waals surface area contributed by atoms with Gasteiger partial charge < -0.3 is 14.2 Å². The summed E-state index contributed by atoms with van der Waals surface area (Å²) >= 11 is 0. The van der Waals surface area contributed by atoms with Crippen LogP contribution in [0.15, 0.2) is 42.7 Å². The zero-order valence-corrected chi connectivity index (χ0v) is 21.3. The molecule has 36 heavy (non-hydrogen) atoms. The van der Waals surface area contributed by atoms with E-state index < -0.39 is 11.7 Å². The number of piperazine rings is 1. The number of rotatable bonds is 4. The molecule has 5 rings (SSSR count). The van der Waals surface area contributed by atoms with Crippen molar-refractivity contribution in [3.05, 3.63) is 48.5 Å². The molecule has 0 unspecified atom stereocenters. The normalized spacial score (nSPS) is 21.5. The summed E-state index contributed by atoms with van der Waals surface area (Å²) in [6, 6.07) is 10.1. The number of benzene rings is 1. The lowest BCUT2D eigenvalue weighted by atomic mass is 9.89. The number of amides is 1. The minimum Gasteiger partial charge on any atom is -0.444 e. The number of hydrogen-bond acceptors (Lipinski definition) is 6. The molecule has 1 N–H and O–H groups in total. The van der Waals surface area contributed by atoms with Gasteiger partial charge in [-0.15, -0.1) is 5.10 Å². The molecule has 2 aromatic heterocycles. The maximum Gasteiger partial charge on any atom is 0.413 e. The molecule has 1 saturated carbocycles. The van der Waals surface area contributed by atoms with Crippen molar-refractivity contribution in [3.8, 4) is 0 Å². The molecule has 1 amide bonds. The first-order valence-electron chi connectivity index (χ1n) is 12.8. The van der Waals surface area contributed by atoms with E-state index in [0.29, 0.717) is 23.3 Å². The van der Waals surface area contributed by atoms with Gasteiger partial charge >= 0.3 is 6.09 Å². The number of halogens is 1. The van der Waals surface area contributed by atoms with Crippen molar-refractivity contribution in [3.63, 3.8) is 0 Å². The van der Waals surface area contributed by atoms with Crippen LogP contribution in [0.1, 0.15) is 52.5 Å². The number of ether oxygens (including phenoxy) is 1. The first-order valence-corrected chi connectivity index (χ1v) is 12.8. The average molecular weight is 495 g/mol. The highest BCUT2D eigenvalue weighted by Gasteiger charge is 2.29. The molecule has 0 radical (unpaired) electrons. The number of fused-ring (bicyclic) bond motifs is 1. The highest BCUT2D eigenvalue weighted by molar-refractivity contribution is 5.84. The number of aromatic nitrogens is 3. The third-order valence-corrected chi connectivity index (χ3v) is 7.23. The van der Waals surface area contributed by atoms with Crippen LogP contribution in [-0.2, 0) is 4.74 Å². The maximum atomic E-state index is 14.1. The van der Waals surface area contributed by atoms with Gasteiger partial charge in [-0.25, -0.2) is 9.18 Å². The summed E-state index contributed by atoms with van der Waals surface area (Å²) in [5.41, 5.74) is 1.38. The van der Waals surface area contributed by atoms with E-state index in [4.69, 9.17) is 4.74 Å². The van der Waals surface area contributed by atoms with E-state index in [-0.39, 0.29) is 5.82 Å². The number of nitrogens with zero attached hydrogens (tertiary/aromatic N) is 5. The Morgan fingerprint density at radius 1 is 1.06 bits per heavy atom. The van der Waals surface area contributed by atoms with Gasteiger partial charge in [0.25, 0.3) is 0 Å². The first-order chi connectivity index (χ1) is 17.3. The highest BCUT2D eigenvalue weighted by Crippen LogP contribution is 2.34. The lowest BCUT2D eigenvalue weighted by molar-refractivity contribution is 0.0635. The summed E-state index contributed by atoms with van der Waals surface area (Å²) in [7, 11) is 0. The molecule has 0 spiro atoms. The second-order valence-electron chi connectivity index (χ2n) is 10.8. The number of anilines is 2. The predicted molar refractivity (Wildman–Crippen MR) is 139 cm³/mol. The van der Waals surface area contributed by atoms with Crippen molar-refractivity contribution >= 4 is 28.5 Å². The van der Waals surface area contributed by atoms with Gasteiger partial charge in [0.05, 0.1) is 17.4 Å². The third-order valence-electron chi connectivity index (χ3n) is 7.23. The van der Waals surface area contributed by atoms with Crippen LogP contribution in [0.3, 0.4) is 0 Å². The summed E-state index contributed by atoms with van der Waals surface area (Å²) in [4.78, 5) is 17.0. The van der Waals surface area contributed by atoms with E-state index in [1.807, 2.05) is 45.2 Å². The van der Waals surface area contributed by atoms with Gasteiger partial charge in [-0.1, -0.05) is 6.07 Å². The van der Waals surface area contributed by atoms with E-state index in [9.17, 15) is 9.18 Å². The van der Waals surface area contributed by atoms with Crippen LogP contribution in [0.25, 0.3) is 10.9 Å². The molecule has 1 aromatic carbocycles. The largest absolute Gasteiger partial charge is 0.444 e. The molecular formula is C27H35FN6O2. The summed E-state index contributed by atoms with van der Waals surface area (Å²) in [5, 5.41) is 11.5. The Labute approximate surface area is 211 Å². The lowest BCUT2D eigenvalue weighted by Crippen LogP contribution is -2.51. The van der Waals surface area contributed by atoms with Crippen molar-refractivity contribution < 1.29 is 13.9 Å². The highest BCUT2D eigenvalue weighted by atomic mass is 19.1. The predicted octanol–water partition coefficient (Wildman–Crippen LogP) is 5.22. The van der Waals surface area contributed by atoms with Crippen molar-refractivity contribution in [1.82, 2.24) is 19.7 Å². The summed E-state index contributed by atoms with van der Waals surface area (Å²) in [6.07, 6.45) is 7.78. The number of carbonyl (C=O) groups excluding carboxylic acids is 1. The molecule has 1 aliphatic carbocycles. The van der Waals surface area contributed by atoms with Crippen LogP contribution in [0.2, 0.25) is 0 Å². The third kappa shape index (κ3) is 5.46. The molecule has 2 fully saturated rings. The molecule has 192 valence electrons. The van der Waals surface area contributed by atoms with Crippen molar-refractivity contribution in [2.75, 3.05) is 36.4 Å². The fraction of sp³-hybridized carbons (Fsp3) is 0.519. The Morgan fingerprint density at radius 3 is 2.50 bits per heavy atom. The molecule has 0 bridgehead atoms. The summed E-state index contributed by atoms with van der Waals surface area (Å²) in [6.45, 7) is 9.25. The van der Waals surface area contributed by atoms with Gasteiger partial charge in [0, 0.05) is 55.9 Å². The quantitative estimate of drug-likeness (QED) is 0.536. The zero-order valence-electron chi connectivity index (χ0n) is 21.3. The number of nitrogens with one attached hydrogen (secondary N) is 1. The monoisotopic (exact) mass is 494 g/mol. The van der Waals surface area contributed by atoms with Gasteiger partial charge in [0.2, 0.25) is 0 Å². The Morgan fingerprint density at radius 2 is 1.78 bits per heavy atom. The van der Waals surface area contributed by atoms with E-state index in [2.05, 4.69) is 29.9 Å². The maximum absolute atomic E-state index is 14.1. The van der Waals surface area contributed by atoms with Crippen LogP contribution in [0.4, 0.5) is 20.7 Å². The molecule has 3 aromatic rings. The molecule has 2 aliphatic rings. The molecule has 1 aliphatic heterocycles. The van der Waals surface area contributed by atoms with Crippen molar-refractivity contribution in [1.29, 1.82) is 0 Å². The van der Waals surface area contributed by atoms with Crippen molar-refractivity contribution in [2.24, 2.45) is 0 Å². The minimum atomic E-state index is -0.571. The average Bonchev–Trinajstić information content (AvgIpc) is 3.29. The number of hydrogen-bond donors (Lipinski definition) is 1. The van der Waals surface area contributed by atoms with Crippen LogP contribution in [0, 0.1) is 5.82 Å². The minimum absolute atomic E-state index is 0.144. The van der Waals surface area contributed by atoms with E-state index in [1.165, 1.54) is 6.07 Å². The molecule has 1 saturated heterocycles. The van der Waals surface area contributed by atoms with E-state index in [0.717, 1.165) is 63.1 Å². The van der Waals surface area contributed by atoms with Gasteiger partial charge in [0.15, 0.2) is 5.82 Å². The van der Waals surface area contributed by atoms with E-state index >= 15 is 0 Å². The Kier molecular flexibility index (Phi) is 6.83. The van der Waals surface area contributed by atoms with Gasteiger partial charge in [-0.05, 0) is 64.7 Å². The summed E-state index contributed by atoms with van der Waals surface area (Å²) < 4.78 is 21.7. The van der Waals surface area contributed by atoms with Crippen molar-refractivity contribution in [2.45, 2.75) is 64.1 Å². The Bertz CT molecular complexity index is 1210. The zero-order chi connectivity index (χ0) is 25.3. The Balaban J connectivity index is 1.13. The van der Waals surface area contributed by atoms with Gasteiger partial charge in [-0.2, -0.15) is 5.10 Å². The lowest BCUT2D eigenvalue weighted by Gasteiger charge is -2.42. The smallest absolute Gasteiger partial charge is 0.413 e. The molecule has 9 heteroatoms. The standard InChI is InChI=1S/C27H35FN6O2/c1-27(2,3)36-26(35)30-25-17-21(18-29-31-25)33-15-13-32(14-16-33)19-7-9-20(10-8-19)34-12-11-22-23(28)5-4-6-24(22)34/h4-6,11-12,17-20H,7-10,13-16H2,1-3H3,(H,30,31,35). The SMILES string of the molecule is CC(C)(C)OC(=O)Nc1cc(N2CCN(C3CCC(n4ccc5c(F)cccc54)CC3)CC2)cnn1. The first kappa shape index (κ1) is 24.5. The van der Waals surface area contributed by atoms with Crippen LogP contribution < -0.4 is 10.2 Å². The molecule has 8 nitrogen and oxygen atoms in total. The van der Waals surface area contributed by atoms with E-state index in [1.54, 1.807) is 12.3 Å².